The van der Waals surface area contributed by atoms with Gasteiger partial charge in [0.15, 0.2) is 0 Å². The van der Waals surface area contributed by atoms with Crippen LogP contribution in [-0.2, 0) is 0 Å². The number of hydrogen-bond acceptors (Lipinski definition) is 4. The summed E-state index contributed by atoms with van der Waals surface area (Å²) in [6.45, 7) is 5.41. The molecule has 0 aromatic carbocycles. The number of rotatable bonds is 3. The van der Waals surface area contributed by atoms with E-state index in [0.717, 1.165) is 57.5 Å². The number of nitrogens with zero attached hydrogens (tertiary/aromatic N) is 4. The van der Waals surface area contributed by atoms with Crippen molar-refractivity contribution in [1.82, 2.24) is 20.1 Å². The lowest BCUT2D eigenvalue weighted by Crippen LogP contribution is -2.54. The lowest BCUT2D eigenvalue weighted by atomic mass is 10.2. The van der Waals surface area contributed by atoms with E-state index in [1.807, 2.05) is 29.3 Å². The monoisotopic (exact) mass is 315 g/mol. The molecule has 3 heterocycles. The van der Waals surface area contributed by atoms with Crippen molar-refractivity contribution >= 4 is 11.8 Å². The summed E-state index contributed by atoms with van der Waals surface area (Å²) in [5, 5.41) is 3.23. The third-order valence-electron chi connectivity index (χ3n) is 5.15. The molecule has 6 nitrogen and oxygen atoms in total. The Morgan fingerprint density at radius 3 is 2.61 bits per heavy atom. The number of hydrogen-bond donors (Lipinski definition) is 1. The van der Waals surface area contributed by atoms with Crippen molar-refractivity contribution in [3.63, 3.8) is 0 Å². The van der Waals surface area contributed by atoms with Crippen LogP contribution >= 0.6 is 0 Å². The summed E-state index contributed by atoms with van der Waals surface area (Å²) in [6.07, 6.45) is 5.60. The Morgan fingerprint density at radius 2 is 1.91 bits per heavy atom. The minimum atomic E-state index is 0.105. The molecule has 1 N–H and O–H groups in total. The highest BCUT2D eigenvalue weighted by molar-refractivity contribution is 5.75. The molecule has 0 spiro atoms. The molecule has 1 aromatic heterocycles. The number of carbonyl (C=O) groups excluding carboxylic acids is 1. The van der Waals surface area contributed by atoms with Crippen molar-refractivity contribution in [2.24, 2.45) is 0 Å². The van der Waals surface area contributed by atoms with E-state index in [1.165, 1.54) is 12.8 Å². The SMILES string of the molecule is O=C(NC1CCN(C2CC2)C1)N1CCN(c2ccccn2)CC1. The van der Waals surface area contributed by atoms with Gasteiger partial charge in [-0.15, -0.1) is 0 Å². The first kappa shape index (κ1) is 14.8. The van der Waals surface area contributed by atoms with Gasteiger partial charge >= 0.3 is 6.03 Å². The van der Waals surface area contributed by atoms with E-state index in [-0.39, 0.29) is 6.03 Å². The summed E-state index contributed by atoms with van der Waals surface area (Å²) in [5.41, 5.74) is 0. The average molecular weight is 315 g/mol. The van der Waals surface area contributed by atoms with Gasteiger partial charge in [-0.3, -0.25) is 4.90 Å². The van der Waals surface area contributed by atoms with Gasteiger partial charge in [0.05, 0.1) is 0 Å². The largest absolute Gasteiger partial charge is 0.353 e. The van der Waals surface area contributed by atoms with Crippen LogP contribution < -0.4 is 10.2 Å². The van der Waals surface area contributed by atoms with Gasteiger partial charge in [-0.1, -0.05) is 6.07 Å². The third kappa shape index (κ3) is 3.42. The molecule has 3 aliphatic rings. The molecule has 1 unspecified atom stereocenters. The minimum Gasteiger partial charge on any atom is -0.353 e. The Morgan fingerprint density at radius 1 is 1.09 bits per heavy atom. The number of piperazine rings is 1. The number of amides is 2. The topological polar surface area (TPSA) is 51.7 Å². The summed E-state index contributed by atoms with van der Waals surface area (Å²) in [4.78, 5) is 23.6. The molecular weight excluding hydrogens is 290 g/mol. The Kier molecular flexibility index (Phi) is 4.08. The fraction of sp³-hybridized carbons (Fsp3) is 0.647. The van der Waals surface area contributed by atoms with E-state index in [1.54, 1.807) is 0 Å². The molecule has 0 radical (unpaired) electrons. The number of pyridine rings is 1. The number of likely N-dealkylation sites (tertiary alicyclic amines) is 1. The van der Waals surface area contributed by atoms with Crippen molar-refractivity contribution in [1.29, 1.82) is 0 Å². The fourth-order valence-electron chi connectivity index (χ4n) is 3.62. The zero-order chi connectivity index (χ0) is 15.6. The third-order valence-corrected chi connectivity index (χ3v) is 5.15. The van der Waals surface area contributed by atoms with Crippen molar-refractivity contribution in [3.05, 3.63) is 24.4 Å². The lowest BCUT2D eigenvalue weighted by molar-refractivity contribution is 0.189. The molecule has 2 aliphatic heterocycles. The van der Waals surface area contributed by atoms with Crippen molar-refractivity contribution in [3.8, 4) is 0 Å². The molecule has 1 aromatic rings. The van der Waals surface area contributed by atoms with E-state index in [2.05, 4.69) is 20.1 Å². The van der Waals surface area contributed by atoms with Gasteiger partial charge in [-0.05, 0) is 31.4 Å². The molecule has 1 atom stereocenters. The van der Waals surface area contributed by atoms with Crippen LogP contribution in [0.5, 0.6) is 0 Å². The van der Waals surface area contributed by atoms with Crippen LogP contribution in [0.3, 0.4) is 0 Å². The molecule has 1 aliphatic carbocycles. The fourth-order valence-corrected chi connectivity index (χ4v) is 3.62. The number of nitrogens with one attached hydrogen (secondary N) is 1. The van der Waals surface area contributed by atoms with Gasteiger partial charge in [0.1, 0.15) is 5.82 Å². The highest BCUT2D eigenvalue weighted by atomic mass is 16.2. The quantitative estimate of drug-likeness (QED) is 0.909. The second-order valence-electron chi connectivity index (χ2n) is 6.82. The maximum absolute atomic E-state index is 12.5. The summed E-state index contributed by atoms with van der Waals surface area (Å²) >= 11 is 0. The van der Waals surface area contributed by atoms with Crippen LogP contribution in [0.1, 0.15) is 19.3 Å². The van der Waals surface area contributed by atoms with Crippen LogP contribution in [-0.4, -0.2) is 72.2 Å². The highest BCUT2D eigenvalue weighted by Gasteiger charge is 2.35. The highest BCUT2D eigenvalue weighted by Crippen LogP contribution is 2.29. The van der Waals surface area contributed by atoms with Crippen molar-refractivity contribution in [2.75, 3.05) is 44.2 Å². The first-order chi connectivity index (χ1) is 11.3. The number of urea groups is 1. The first-order valence-electron chi connectivity index (χ1n) is 8.75. The molecule has 0 bridgehead atoms. The second kappa shape index (κ2) is 6.35. The van der Waals surface area contributed by atoms with Crippen LogP contribution in [0, 0.1) is 0 Å². The van der Waals surface area contributed by atoms with E-state index >= 15 is 0 Å². The Labute approximate surface area is 137 Å². The number of anilines is 1. The smallest absolute Gasteiger partial charge is 0.317 e. The maximum atomic E-state index is 12.5. The molecule has 124 valence electrons. The van der Waals surface area contributed by atoms with Crippen molar-refractivity contribution < 1.29 is 4.79 Å². The van der Waals surface area contributed by atoms with Gasteiger partial charge in [0.2, 0.25) is 0 Å². The Hall–Kier alpha value is -1.82. The van der Waals surface area contributed by atoms with E-state index in [9.17, 15) is 4.79 Å². The predicted octanol–water partition coefficient (Wildman–Crippen LogP) is 1.15. The van der Waals surface area contributed by atoms with Crippen LogP contribution in [0.2, 0.25) is 0 Å². The van der Waals surface area contributed by atoms with Gasteiger partial charge in [-0.2, -0.15) is 0 Å². The van der Waals surface area contributed by atoms with Gasteiger partial charge < -0.3 is 15.1 Å². The number of aromatic nitrogens is 1. The Bertz CT molecular complexity index is 539. The van der Waals surface area contributed by atoms with Crippen LogP contribution in [0.15, 0.2) is 24.4 Å². The molecule has 6 heteroatoms. The van der Waals surface area contributed by atoms with E-state index in [0.29, 0.717) is 6.04 Å². The van der Waals surface area contributed by atoms with Gasteiger partial charge in [0.25, 0.3) is 0 Å². The molecule has 4 rings (SSSR count). The van der Waals surface area contributed by atoms with Crippen molar-refractivity contribution in [2.45, 2.75) is 31.3 Å². The molecule has 2 saturated heterocycles. The second-order valence-corrected chi connectivity index (χ2v) is 6.82. The van der Waals surface area contributed by atoms with Crippen LogP contribution in [0.4, 0.5) is 10.6 Å². The molecule has 1 saturated carbocycles. The normalized spacial score (nSPS) is 25.7. The molecule has 3 fully saturated rings. The Balaban J connectivity index is 1.24. The molecular formula is C17H25N5O. The number of carbonyl (C=O) groups is 1. The van der Waals surface area contributed by atoms with Gasteiger partial charge in [-0.25, -0.2) is 9.78 Å². The molecule has 23 heavy (non-hydrogen) atoms. The van der Waals surface area contributed by atoms with E-state index in [4.69, 9.17) is 0 Å². The summed E-state index contributed by atoms with van der Waals surface area (Å²) in [7, 11) is 0. The molecule has 2 amide bonds. The van der Waals surface area contributed by atoms with E-state index < -0.39 is 0 Å². The van der Waals surface area contributed by atoms with Gasteiger partial charge in [0, 0.05) is 57.5 Å². The maximum Gasteiger partial charge on any atom is 0.317 e. The summed E-state index contributed by atoms with van der Waals surface area (Å²) in [6, 6.07) is 7.21. The van der Waals surface area contributed by atoms with Crippen LogP contribution in [0.25, 0.3) is 0 Å². The minimum absolute atomic E-state index is 0.105. The zero-order valence-corrected chi connectivity index (χ0v) is 13.5. The summed E-state index contributed by atoms with van der Waals surface area (Å²) < 4.78 is 0. The first-order valence-corrected chi connectivity index (χ1v) is 8.75. The lowest BCUT2D eigenvalue weighted by Gasteiger charge is -2.35. The zero-order valence-electron chi connectivity index (χ0n) is 13.5. The predicted molar refractivity (Wildman–Crippen MR) is 89.6 cm³/mol. The average Bonchev–Trinajstić information content (AvgIpc) is 3.36. The standard InChI is InChI=1S/C17H25N5O/c23-17(19-14-6-8-22(13-14)15-4-5-15)21-11-9-20(10-12-21)16-3-1-2-7-18-16/h1-3,7,14-15H,4-6,8-13H2,(H,19,23). The summed E-state index contributed by atoms with van der Waals surface area (Å²) in [5.74, 6) is 1.00.